The average Bonchev–Trinajstić information content (AvgIpc) is 2.37. The highest BCUT2D eigenvalue weighted by Gasteiger charge is 2.14. The summed E-state index contributed by atoms with van der Waals surface area (Å²) in [5.41, 5.74) is 6.73. The Balaban J connectivity index is 2.96. The highest BCUT2D eigenvalue weighted by molar-refractivity contribution is 5.88. The number of nitrogens with two attached hydrogens (primary N) is 1. The summed E-state index contributed by atoms with van der Waals surface area (Å²) in [6.45, 7) is 5.15. The van der Waals surface area contributed by atoms with Crippen LogP contribution in [-0.4, -0.2) is 31.7 Å². The maximum Gasteiger partial charge on any atom is 0.356 e. The van der Waals surface area contributed by atoms with Gasteiger partial charge in [-0.3, -0.25) is 0 Å². The molecule has 0 spiro atoms. The van der Waals surface area contributed by atoms with Gasteiger partial charge in [-0.25, -0.2) is 9.78 Å². The van der Waals surface area contributed by atoms with E-state index in [0.29, 0.717) is 17.4 Å². The Morgan fingerprint density at radius 1 is 1.56 bits per heavy atom. The highest BCUT2D eigenvalue weighted by atomic mass is 16.5. The molecule has 2 N–H and O–H groups in total. The molecule has 1 rings (SSSR count). The predicted molar refractivity (Wildman–Crippen MR) is 72.7 cm³/mol. The molecule has 1 aromatic heterocycles. The van der Waals surface area contributed by atoms with E-state index in [-0.39, 0.29) is 5.69 Å². The summed E-state index contributed by atoms with van der Waals surface area (Å²) in [7, 11) is 3.26. The quantitative estimate of drug-likeness (QED) is 0.810. The fourth-order valence-electron chi connectivity index (χ4n) is 1.67. The van der Waals surface area contributed by atoms with E-state index in [1.54, 1.807) is 12.1 Å². The van der Waals surface area contributed by atoms with Crippen molar-refractivity contribution in [3.05, 3.63) is 17.8 Å². The van der Waals surface area contributed by atoms with Crippen molar-refractivity contribution in [1.82, 2.24) is 4.98 Å². The first-order valence-electron chi connectivity index (χ1n) is 6.05. The Kier molecular flexibility index (Phi) is 4.95. The van der Waals surface area contributed by atoms with E-state index in [0.717, 1.165) is 13.0 Å². The lowest BCUT2D eigenvalue weighted by molar-refractivity contribution is 0.0594. The van der Waals surface area contributed by atoms with Crippen LogP contribution < -0.4 is 10.6 Å². The molecule has 0 aliphatic heterocycles. The minimum Gasteiger partial charge on any atom is -0.464 e. The van der Waals surface area contributed by atoms with Gasteiger partial charge in [0.15, 0.2) is 11.5 Å². The first-order valence-corrected chi connectivity index (χ1v) is 6.05. The van der Waals surface area contributed by atoms with Crippen molar-refractivity contribution < 1.29 is 9.53 Å². The lowest BCUT2D eigenvalue weighted by Gasteiger charge is -2.23. The largest absolute Gasteiger partial charge is 0.464 e. The van der Waals surface area contributed by atoms with Crippen molar-refractivity contribution in [2.24, 2.45) is 5.92 Å². The number of nitrogens with zero attached hydrogens (tertiary/aromatic N) is 2. The molecule has 0 saturated carbocycles. The summed E-state index contributed by atoms with van der Waals surface area (Å²) in [5.74, 6) is 0.712. The molecule has 100 valence electrons. The standard InChI is InChI=1S/C13H21N3O2/c1-5-9(2)8-16(3)12-10(14)6-7-11(15-12)13(17)18-4/h6-7,9H,5,8,14H2,1-4H3. The second-order valence-corrected chi connectivity index (χ2v) is 4.49. The van der Waals surface area contributed by atoms with Crippen molar-refractivity contribution >= 4 is 17.5 Å². The molecule has 0 saturated heterocycles. The van der Waals surface area contributed by atoms with Gasteiger partial charge in [0.25, 0.3) is 0 Å². The molecule has 0 aromatic carbocycles. The van der Waals surface area contributed by atoms with E-state index in [9.17, 15) is 4.79 Å². The minimum absolute atomic E-state index is 0.276. The third-order valence-electron chi connectivity index (χ3n) is 2.94. The van der Waals surface area contributed by atoms with Crippen molar-refractivity contribution in [2.75, 3.05) is 31.3 Å². The lowest BCUT2D eigenvalue weighted by Crippen LogP contribution is -2.26. The normalized spacial score (nSPS) is 12.0. The highest BCUT2D eigenvalue weighted by Crippen LogP contribution is 2.21. The van der Waals surface area contributed by atoms with Crippen LogP contribution in [0.15, 0.2) is 12.1 Å². The number of pyridine rings is 1. The van der Waals surface area contributed by atoms with E-state index >= 15 is 0 Å². The van der Waals surface area contributed by atoms with Crippen molar-refractivity contribution in [1.29, 1.82) is 0 Å². The van der Waals surface area contributed by atoms with Crippen LogP contribution in [0.25, 0.3) is 0 Å². The minimum atomic E-state index is -0.451. The van der Waals surface area contributed by atoms with Gasteiger partial charge in [-0.15, -0.1) is 0 Å². The monoisotopic (exact) mass is 251 g/mol. The van der Waals surface area contributed by atoms with Gasteiger partial charge >= 0.3 is 5.97 Å². The molecule has 18 heavy (non-hydrogen) atoms. The van der Waals surface area contributed by atoms with Gasteiger partial charge in [0.2, 0.25) is 0 Å². The molecule has 5 nitrogen and oxygen atoms in total. The van der Waals surface area contributed by atoms with Gasteiger partial charge in [0, 0.05) is 13.6 Å². The Morgan fingerprint density at radius 2 is 2.22 bits per heavy atom. The number of carbonyl (C=O) groups excluding carboxylic acids is 1. The van der Waals surface area contributed by atoms with Crippen LogP contribution in [0.4, 0.5) is 11.5 Å². The van der Waals surface area contributed by atoms with Gasteiger partial charge in [-0.05, 0) is 18.1 Å². The number of hydrogen-bond donors (Lipinski definition) is 1. The number of carbonyl (C=O) groups is 1. The molecule has 1 atom stereocenters. The molecule has 0 aliphatic carbocycles. The molecule has 0 radical (unpaired) electrons. The van der Waals surface area contributed by atoms with Crippen molar-refractivity contribution in [2.45, 2.75) is 20.3 Å². The van der Waals surface area contributed by atoms with Crippen molar-refractivity contribution in [3.8, 4) is 0 Å². The first-order chi connectivity index (χ1) is 8.49. The number of esters is 1. The number of hydrogen-bond acceptors (Lipinski definition) is 5. The number of aromatic nitrogens is 1. The molecule has 5 heteroatoms. The molecular weight excluding hydrogens is 230 g/mol. The summed E-state index contributed by atoms with van der Waals surface area (Å²) in [6, 6.07) is 3.25. The summed E-state index contributed by atoms with van der Waals surface area (Å²) >= 11 is 0. The summed E-state index contributed by atoms with van der Waals surface area (Å²) in [5, 5.41) is 0. The van der Waals surface area contributed by atoms with E-state index < -0.39 is 5.97 Å². The molecular formula is C13H21N3O2. The number of rotatable bonds is 5. The van der Waals surface area contributed by atoms with Gasteiger partial charge in [-0.1, -0.05) is 20.3 Å². The van der Waals surface area contributed by atoms with Gasteiger partial charge in [0.1, 0.15) is 0 Å². The molecule has 1 unspecified atom stereocenters. The van der Waals surface area contributed by atoms with Crippen LogP contribution in [0.5, 0.6) is 0 Å². The maximum atomic E-state index is 11.4. The molecule has 1 aromatic rings. The van der Waals surface area contributed by atoms with Crippen LogP contribution >= 0.6 is 0 Å². The van der Waals surface area contributed by atoms with Crippen LogP contribution in [0.2, 0.25) is 0 Å². The summed E-state index contributed by atoms with van der Waals surface area (Å²) in [4.78, 5) is 17.7. The molecule has 0 aliphatic rings. The number of ether oxygens (including phenoxy) is 1. The van der Waals surface area contributed by atoms with E-state index in [1.165, 1.54) is 7.11 Å². The molecule has 0 amide bonds. The Morgan fingerprint density at radius 3 is 2.78 bits per heavy atom. The number of anilines is 2. The Labute approximate surface area is 108 Å². The Hall–Kier alpha value is -1.78. The van der Waals surface area contributed by atoms with Crippen molar-refractivity contribution in [3.63, 3.8) is 0 Å². The number of nitrogen functional groups attached to an aromatic ring is 1. The summed E-state index contributed by atoms with van der Waals surface area (Å²) < 4.78 is 4.65. The van der Waals surface area contributed by atoms with Crippen LogP contribution in [-0.2, 0) is 4.74 Å². The summed E-state index contributed by atoms with van der Waals surface area (Å²) in [6.07, 6.45) is 1.08. The van der Waals surface area contributed by atoms with Gasteiger partial charge in [-0.2, -0.15) is 0 Å². The topological polar surface area (TPSA) is 68.5 Å². The number of methoxy groups -OCH3 is 1. The van der Waals surface area contributed by atoms with Gasteiger partial charge < -0.3 is 15.4 Å². The zero-order chi connectivity index (χ0) is 13.7. The second kappa shape index (κ2) is 6.23. The van der Waals surface area contributed by atoms with Crippen LogP contribution in [0.3, 0.4) is 0 Å². The third kappa shape index (κ3) is 3.35. The van der Waals surface area contributed by atoms with Crippen LogP contribution in [0.1, 0.15) is 30.8 Å². The van der Waals surface area contributed by atoms with E-state index in [2.05, 4.69) is 23.6 Å². The smallest absolute Gasteiger partial charge is 0.356 e. The zero-order valence-corrected chi connectivity index (χ0v) is 11.4. The maximum absolute atomic E-state index is 11.4. The predicted octanol–water partition coefficient (Wildman–Crippen LogP) is 1.93. The SMILES string of the molecule is CCC(C)CN(C)c1nc(C(=O)OC)ccc1N. The Bertz CT molecular complexity index is 421. The first kappa shape index (κ1) is 14.3. The van der Waals surface area contributed by atoms with Crippen LogP contribution in [0, 0.1) is 5.92 Å². The molecule has 0 bridgehead atoms. The lowest BCUT2D eigenvalue weighted by atomic mass is 10.1. The van der Waals surface area contributed by atoms with Gasteiger partial charge in [0.05, 0.1) is 12.8 Å². The van der Waals surface area contributed by atoms with E-state index in [1.807, 2.05) is 11.9 Å². The fourth-order valence-corrected chi connectivity index (χ4v) is 1.67. The van der Waals surface area contributed by atoms with E-state index in [4.69, 9.17) is 5.73 Å². The third-order valence-corrected chi connectivity index (χ3v) is 2.94. The zero-order valence-electron chi connectivity index (χ0n) is 11.4. The second-order valence-electron chi connectivity index (χ2n) is 4.49. The average molecular weight is 251 g/mol. The molecule has 0 fully saturated rings. The molecule has 1 heterocycles. The fraction of sp³-hybridized carbons (Fsp3) is 0.538.